The van der Waals surface area contributed by atoms with Gasteiger partial charge in [-0.15, -0.1) is 6.42 Å². The molecule has 0 bridgehead atoms. The Kier molecular flexibility index (Phi) is 2.29. The molecule has 1 nitrogen and oxygen atoms in total. The molecule has 0 spiro atoms. The third kappa shape index (κ3) is 1.30. The van der Waals surface area contributed by atoms with Crippen LogP contribution in [0.1, 0.15) is 19.3 Å². The Morgan fingerprint density at radius 2 is 2.50 bits per heavy atom. The van der Waals surface area contributed by atoms with Crippen LogP contribution >= 0.6 is 12.2 Å². The maximum Gasteiger partial charge on any atom is 0.0902 e. The molecule has 0 saturated carbocycles. The molecule has 54 valence electrons. The number of terminal acetylenes is 1. The Hall–Kier alpha value is -0.550. The first kappa shape index (κ1) is 7.56. The summed E-state index contributed by atoms with van der Waals surface area (Å²) in [5.74, 6) is 2.72. The van der Waals surface area contributed by atoms with E-state index >= 15 is 0 Å². The van der Waals surface area contributed by atoms with Gasteiger partial charge in [0.25, 0.3) is 0 Å². The van der Waals surface area contributed by atoms with E-state index in [4.69, 9.17) is 18.6 Å². The number of thiocarbonyl (C=S) groups is 1. The molecule has 1 unspecified atom stereocenters. The lowest BCUT2D eigenvalue weighted by molar-refractivity contribution is 0.377. The van der Waals surface area contributed by atoms with Crippen molar-refractivity contribution in [2.45, 2.75) is 25.3 Å². The Morgan fingerprint density at radius 3 is 3.00 bits per heavy atom. The minimum absolute atomic E-state index is 0.251. The van der Waals surface area contributed by atoms with Crippen molar-refractivity contribution >= 4 is 17.2 Å². The summed E-state index contributed by atoms with van der Waals surface area (Å²) in [6.07, 6.45) is 8.58. The van der Waals surface area contributed by atoms with E-state index in [1.165, 1.54) is 0 Å². The molecular formula is C8H11NS. The monoisotopic (exact) mass is 153 g/mol. The lowest BCUT2D eigenvalue weighted by atomic mass is 10.0. The molecule has 0 aromatic rings. The van der Waals surface area contributed by atoms with Gasteiger partial charge in [-0.1, -0.05) is 18.1 Å². The van der Waals surface area contributed by atoms with E-state index in [0.717, 1.165) is 24.3 Å². The first-order valence-corrected chi connectivity index (χ1v) is 3.88. The van der Waals surface area contributed by atoms with E-state index in [0.29, 0.717) is 0 Å². The molecule has 1 aliphatic heterocycles. The first-order valence-electron chi connectivity index (χ1n) is 3.47. The number of piperidine rings is 1. The molecule has 2 heteroatoms. The van der Waals surface area contributed by atoms with Gasteiger partial charge in [-0.3, -0.25) is 0 Å². The zero-order valence-corrected chi connectivity index (χ0v) is 6.95. The largest absolute Gasteiger partial charge is 0.355 e. The Balaban J connectivity index is 2.61. The average Bonchev–Trinajstić information content (AvgIpc) is 1.95. The van der Waals surface area contributed by atoms with E-state index in [-0.39, 0.29) is 6.04 Å². The summed E-state index contributed by atoms with van der Waals surface area (Å²) in [5.41, 5.74) is 0. The molecule has 1 rings (SSSR count). The van der Waals surface area contributed by atoms with Crippen molar-refractivity contribution in [3.05, 3.63) is 0 Å². The third-order valence-corrected chi connectivity index (χ3v) is 2.41. The highest BCUT2D eigenvalue weighted by atomic mass is 32.1. The molecule has 1 aliphatic rings. The number of hydrogen-bond acceptors (Lipinski definition) is 1. The fraction of sp³-hybridized carbons (Fsp3) is 0.625. The van der Waals surface area contributed by atoms with Gasteiger partial charge in [0.1, 0.15) is 0 Å². The molecule has 0 aliphatic carbocycles. The van der Waals surface area contributed by atoms with Crippen LogP contribution in [-0.4, -0.2) is 23.0 Å². The van der Waals surface area contributed by atoms with E-state index in [2.05, 4.69) is 5.92 Å². The summed E-state index contributed by atoms with van der Waals surface area (Å²) in [5, 5.41) is 0. The minimum atomic E-state index is 0.251. The van der Waals surface area contributed by atoms with Crippen LogP contribution in [-0.2, 0) is 0 Å². The SMILES string of the molecule is C#CC1CCCC(=S)N1C. The summed E-state index contributed by atoms with van der Waals surface area (Å²) in [6, 6.07) is 0.251. The van der Waals surface area contributed by atoms with E-state index in [1.54, 1.807) is 0 Å². The van der Waals surface area contributed by atoms with Crippen molar-refractivity contribution in [1.82, 2.24) is 4.90 Å². The second kappa shape index (κ2) is 3.03. The van der Waals surface area contributed by atoms with Gasteiger partial charge in [0.15, 0.2) is 0 Å². The lowest BCUT2D eigenvalue weighted by Gasteiger charge is -2.30. The van der Waals surface area contributed by atoms with Crippen LogP contribution in [0.15, 0.2) is 0 Å². The highest BCUT2D eigenvalue weighted by Gasteiger charge is 2.19. The van der Waals surface area contributed by atoms with Gasteiger partial charge in [0.05, 0.1) is 11.0 Å². The van der Waals surface area contributed by atoms with Gasteiger partial charge in [-0.05, 0) is 19.3 Å². The van der Waals surface area contributed by atoms with Gasteiger partial charge in [-0.25, -0.2) is 0 Å². The molecule has 1 saturated heterocycles. The van der Waals surface area contributed by atoms with E-state index < -0.39 is 0 Å². The Bertz CT molecular complexity index is 180. The second-order valence-corrected chi connectivity index (χ2v) is 3.05. The summed E-state index contributed by atoms with van der Waals surface area (Å²) < 4.78 is 0. The topological polar surface area (TPSA) is 3.24 Å². The molecule has 0 amide bonds. The van der Waals surface area contributed by atoms with Crippen molar-refractivity contribution in [2.24, 2.45) is 0 Å². The fourth-order valence-electron chi connectivity index (χ4n) is 1.19. The number of hydrogen-bond donors (Lipinski definition) is 0. The van der Waals surface area contributed by atoms with Crippen LogP contribution in [0.2, 0.25) is 0 Å². The lowest BCUT2D eigenvalue weighted by Crippen LogP contribution is -2.38. The first-order chi connectivity index (χ1) is 4.75. The molecule has 1 fully saturated rings. The normalized spacial score (nSPS) is 26.2. The predicted octanol–water partition coefficient (Wildman–Crippen LogP) is 1.43. The maximum absolute atomic E-state index is 5.30. The maximum atomic E-state index is 5.30. The van der Waals surface area contributed by atoms with Gasteiger partial charge in [0.2, 0.25) is 0 Å². The van der Waals surface area contributed by atoms with Crippen LogP contribution in [0, 0.1) is 12.3 Å². The smallest absolute Gasteiger partial charge is 0.0902 e. The van der Waals surface area contributed by atoms with Crippen molar-refractivity contribution in [3.8, 4) is 12.3 Å². The zero-order chi connectivity index (χ0) is 7.56. The highest BCUT2D eigenvalue weighted by molar-refractivity contribution is 7.80. The van der Waals surface area contributed by atoms with Crippen molar-refractivity contribution < 1.29 is 0 Å². The fourth-order valence-corrected chi connectivity index (χ4v) is 1.46. The number of nitrogens with zero attached hydrogens (tertiary/aromatic N) is 1. The van der Waals surface area contributed by atoms with Gasteiger partial charge in [0, 0.05) is 7.05 Å². The summed E-state index contributed by atoms with van der Waals surface area (Å²) in [6.45, 7) is 0. The van der Waals surface area contributed by atoms with Crippen LogP contribution in [0.5, 0.6) is 0 Å². The van der Waals surface area contributed by atoms with Crippen molar-refractivity contribution in [1.29, 1.82) is 0 Å². The molecule has 0 N–H and O–H groups in total. The summed E-state index contributed by atoms with van der Waals surface area (Å²) >= 11 is 5.10. The Labute approximate surface area is 67.4 Å². The molecule has 0 aromatic heterocycles. The average molecular weight is 153 g/mol. The van der Waals surface area contributed by atoms with E-state index in [9.17, 15) is 0 Å². The predicted molar refractivity (Wildman–Crippen MR) is 46.8 cm³/mol. The minimum Gasteiger partial charge on any atom is -0.355 e. The van der Waals surface area contributed by atoms with Crippen molar-refractivity contribution in [2.75, 3.05) is 7.05 Å². The Morgan fingerprint density at radius 1 is 1.80 bits per heavy atom. The van der Waals surface area contributed by atoms with Crippen LogP contribution < -0.4 is 0 Å². The summed E-state index contributed by atoms with van der Waals surface area (Å²) in [7, 11) is 1.98. The van der Waals surface area contributed by atoms with Gasteiger partial charge in [-0.2, -0.15) is 0 Å². The molecule has 10 heavy (non-hydrogen) atoms. The van der Waals surface area contributed by atoms with Crippen LogP contribution in [0.4, 0.5) is 0 Å². The zero-order valence-electron chi connectivity index (χ0n) is 6.13. The molecule has 1 heterocycles. The third-order valence-electron chi connectivity index (χ3n) is 1.92. The number of likely N-dealkylation sites (tertiary alicyclic amines) is 1. The molecule has 0 aromatic carbocycles. The van der Waals surface area contributed by atoms with Gasteiger partial charge < -0.3 is 4.90 Å². The van der Waals surface area contributed by atoms with Crippen LogP contribution in [0.25, 0.3) is 0 Å². The summed E-state index contributed by atoms with van der Waals surface area (Å²) in [4.78, 5) is 3.04. The standard InChI is InChI=1S/C8H11NS/c1-3-7-5-4-6-8(10)9(7)2/h1,7H,4-6H2,2H3. The van der Waals surface area contributed by atoms with E-state index in [1.807, 2.05) is 11.9 Å². The quantitative estimate of drug-likeness (QED) is 0.382. The molecule has 1 atom stereocenters. The second-order valence-electron chi connectivity index (χ2n) is 2.58. The molecule has 0 radical (unpaired) electrons. The van der Waals surface area contributed by atoms with Crippen molar-refractivity contribution in [3.63, 3.8) is 0 Å². The van der Waals surface area contributed by atoms with Gasteiger partial charge >= 0.3 is 0 Å². The highest BCUT2D eigenvalue weighted by Crippen LogP contribution is 2.16. The number of rotatable bonds is 0. The molecular weight excluding hydrogens is 142 g/mol. The van der Waals surface area contributed by atoms with Crippen LogP contribution in [0.3, 0.4) is 0 Å².